The van der Waals surface area contributed by atoms with E-state index in [1.807, 2.05) is 13.0 Å². The molecule has 2 rings (SSSR count). The molecule has 112 valence electrons. The number of non-ortho nitro benzene ring substituents is 1. The summed E-state index contributed by atoms with van der Waals surface area (Å²) in [6.07, 6.45) is 0. The van der Waals surface area contributed by atoms with Crippen LogP contribution in [0, 0.1) is 21.4 Å². The van der Waals surface area contributed by atoms with E-state index in [0.717, 1.165) is 5.56 Å². The van der Waals surface area contributed by atoms with Crippen LogP contribution in [0.15, 0.2) is 36.4 Å². The Balaban J connectivity index is 2.30. The molecular weight excluding hydrogens is 325 g/mol. The molecule has 2 aromatic carbocycles. The molecule has 2 aromatic rings. The maximum Gasteiger partial charge on any atom is 0.270 e. The Hall–Kier alpha value is -2.29. The molecule has 0 heterocycles. The zero-order valence-corrected chi connectivity index (χ0v) is 13.0. The fourth-order valence-corrected chi connectivity index (χ4v) is 2.60. The molecule has 1 atom stereocenters. The second kappa shape index (κ2) is 6.65. The minimum Gasteiger partial charge on any atom is -0.377 e. The number of nitriles is 1. The van der Waals surface area contributed by atoms with E-state index in [-0.39, 0.29) is 17.3 Å². The Kier molecular flexibility index (Phi) is 4.86. The second-order valence-electron chi connectivity index (χ2n) is 4.63. The van der Waals surface area contributed by atoms with Gasteiger partial charge in [0.1, 0.15) is 6.07 Å². The Morgan fingerprint density at radius 3 is 2.59 bits per heavy atom. The number of nitro groups is 1. The van der Waals surface area contributed by atoms with Crippen molar-refractivity contribution < 1.29 is 4.92 Å². The van der Waals surface area contributed by atoms with Crippen LogP contribution in [-0.4, -0.2) is 4.92 Å². The predicted molar refractivity (Wildman–Crippen MR) is 86.3 cm³/mol. The van der Waals surface area contributed by atoms with Crippen molar-refractivity contribution in [3.8, 4) is 6.07 Å². The number of nitrogens with zero attached hydrogens (tertiary/aromatic N) is 2. The third kappa shape index (κ3) is 3.48. The van der Waals surface area contributed by atoms with E-state index < -0.39 is 4.92 Å². The largest absolute Gasteiger partial charge is 0.377 e. The number of hydrogen-bond donors (Lipinski definition) is 1. The van der Waals surface area contributed by atoms with Crippen molar-refractivity contribution in [2.24, 2.45) is 0 Å². The molecule has 22 heavy (non-hydrogen) atoms. The van der Waals surface area contributed by atoms with E-state index in [4.69, 9.17) is 28.5 Å². The van der Waals surface area contributed by atoms with Gasteiger partial charge in [0.15, 0.2) is 0 Å². The molecule has 0 amide bonds. The third-order valence-electron chi connectivity index (χ3n) is 3.14. The molecule has 0 bridgehead atoms. The summed E-state index contributed by atoms with van der Waals surface area (Å²) in [4.78, 5) is 10.2. The molecular formula is C15H11Cl2N3O2. The van der Waals surface area contributed by atoms with Crippen molar-refractivity contribution >= 4 is 34.6 Å². The number of rotatable bonds is 4. The number of anilines is 1. The first-order valence-electron chi connectivity index (χ1n) is 6.32. The minimum absolute atomic E-state index is 0.126. The van der Waals surface area contributed by atoms with Gasteiger partial charge in [0.2, 0.25) is 0 Å². The van der Waals surface area contributed by atoms with Crippen molar-refractivity contribution in [2.45, 2.75) is 13.0 Å². The maximum atomic E-state index is 10.7. The topological polar surface area (TPSA) is 79.0 Å². The second-order valence-corrected chi connectivity index (χ2v) is 5.47. The van der Waals surface area contributed by atoms with Crippen molar-refractivity contribution in [3.63, 3.8) is 0 Å². The van der Waals surface area contributed by atoms with Gasteiger partial charge in [-0.1, -0.05) is 29.3 Å². The molecule has 0 aliphatic heterocycles. The summed E-state index contributed by atoms with van der Waals surface area (Å²) in [7, 11) is 0. The monoisotopic (exact) mass is 335 g/mol. The predicted octanol–water partition coefficient (Wildman–Crippen LogP) is 4.95. The lowest BCUT2D eigenvalue weighted by Gasteiger charge is -2.18. The Bertz CT molecular complexity index is 772. The van der Waals surface area contributed by atoms with E-state index in [9.17, 15) is 10.1 Å². The van der Waals surface area contributed by atoms with Crippen LogP contribution in [-0.2, 0) is 0 Å². The van der Waals surface area contributed by atoms with Gasteiger partial charge >= 0.3 is 0 Å². The van der Waals surface area contributed by atoms with Crippen LogP contribution in [0.25, 0.3) is 0 Å². The zero-order chi connectivity index (χ0) is 16.3. The average molecular weight is 336 g/mol. The molecule has 0 fully saturated rings. The third-order valence-corrected chi connectivity index (χ3v) is 3.70. The number of nitrogens with one attached hydrogen (secondary N) is 1. The highest BCUT2D eigenvalue weighted by atomic mass is 35.5. The van der Waals surface area contributed by atoms with Crippen molar-refractivity contribution in [1.82, 2.24) is 0 Å². The molecule has 0 radical (unpaired) electrons. The lowest BCUT2D eigenvalue weighted by molar-refractivity contribution is -0.384. The molecule has 1 N–H and O–H groups in total. The van der Waals surface area contributed by atoms with Gasteiger partial charge in [-0.2, -0.15) is 5.26 Å². The molecule has 5 nitrogen and oxygen atoms in total. The first-order valence-corrected chi connectivity index (χ1v) is 7.08. The first-order chi connectivity index (χ1) is 10.4. The molecule has 0 saturated heterocycles. The van der Waals surface area contributed by atoms with Gasteiger partial charge in [-0.15, -0.1) is 0 Å². The quantitative estimate of drug-likeness (QED) is 0.633. The molecule has 0 saturated carbocycles. The molecule has 0 unspecified atom stereocenters. The van der Waals surface area contributed by atoms with Gasteiger partial charge in [-0.05, 0) is 30.7 Å². The zero-order valence-electron chi connectivity index (χ0n) is 11.5. The summed E-state index contributed by atoms with van der Waals surface area (Å²) in [5.74, 6) is 0. The molecule has 0 aliphatic rings. The Morgan fingerprint density at radius 2 is 2.00 bits per heavy atom. The summed E-state index contributed by atoms with van der Waals surface area (Å²) in [6.45, 7) is 1.87. The van der Waals surface area contributed by atoms with E-state index in [0.29, 0.717) is 15.7 Å². The van der Waals surface area contributed by atoms with Gasteiger partial charge < -0.3 is 5.32 Å². The highest BCUT2D eigenvalue weighted by molar-refractivity contribution is 6.35. The fraction of sp³-hybridized carbons (Fsp3) is 0.133. The summed E-state index contributed by atoms with van der Waals surface area (Å²) < 4.78 is 0. The summed E-state index contributed by atoms with van der Waals surface area (Å²) >= 11 is 12.0. The number of nitro benzene ring substituents is 1. The Morgan fingerprint density at radius 1 is 1.27 bits per heavy atom. The highest BCUT2D eigenvalue weighted by Gasteiger charge is 2.14. The van der Waals surface area contributed by atoms with Gasteiger partial charge in [-0.25, -0.2) is 0 Å². The van der Waals surface area contributed by atoms with Crippen LogP contribution in [0.4, 0.5) is 11.4 Å². The van der Waals surface area contributed by atoms with Crippen LogP contribution >= 0.6 is 23.2 Å². The Labute approximate surface area is 137 Å². The maximum absolute atomic E-state index is 10.7. The SMILES string of the molecule is C[C@H](Nc1ccc([N+](=O)[O-])cc1C#N)c1ccc(Cl)cc1Cl. The lowest BCUT2D eigenvalue weighted by Crippen LogP contribution is -2.08. The van der Waals surface area contributed by atoms with Crippen molar-refractivity contribution in [2.75, 3.05) is 5.32 Å². The van der Waals surface area contributed by atoms with Gasteiger partial charge in [-0.3, -0.25) is 10.1 Å². The molecule has 0 spiro atoms. The molecule has 7 heteroatoms. The average Bonchev–Trinajstić information content (AvgIpc) is 2.47. The van der Waals surface area contributed by atoms with Crippen LogP contribution < -0.4 is 5.32 Å². The van der Waals surface area contributed by atoms with Gasteiger partial charge in [0.05, 0.1) is 22.2 Å². The van der Waals surface area contributed by atoms with E-state index in [2.05, 4.69) is 5.32 Å². The lowest BCUT2D eigenvalue weighted by atomic mass is 10.1. The normalized spacial score (nSPS) is 11.5. The van der Waals surface area contributed by atoms with Crippen molar-refractivity contribution in [3.05, 3.63) is 67.7 Å². The fourth-order valence-electron chi connectivity index (χ4n) is 2.03. The van der Waals surface area contributed by atoms with Crippen LogP contribution in [0.3, 0.4) is 0 Å². The standard InChI is InChI=1S/C15H11Cl2N3O2/c1-9(13-4-2-11(16)7-14(13)17)19-15-5-3-12(20(21)22)6-10(15)8-18/h2-7,9,19H,1H3/t9-/m0/s1. The molecule has 0 aromatic heterocycles. The summed E-state index contributed by atoms with van der Waals surface area (Å²) in [6, 6.07) is 11.0. The highest BCUT2D eigenvalue weighted by Crippen LogP contribution is 2.30. The van der Waals surface area contributed by atoms with Gasteiger partial charge in [0.25, 0.3) is 5.69 Å². The molecule has 0 aliphatic carbocycles. The first kappa shape index (κ1) is 16.1. The van der Waals surface area contributed by atoms with E-state index >= 15 is 0 Å². The van der Waals surface area contributed by atoms with E-state index in [1.54, 1.807) is 18.2 Å². The van der Waals surface area contributed by atoms with E-state index in [1.165, 1.54) is 18.2 Å². The number of halogens is 2. The van der Waals surface area contributed by atoms with Gasteiger partial charge in [0, 0.05) is 22.2 Å². The van der Waals surface area contributed by atoms with Crippen LogP contribution in [0.1, 0.15) is 24.1 Å². The number of hydrogen-bond acceptors (Lipinski definition) is 4. The van der Waals surface area contributed by atoms with Crippen molar-refractivity contribution in [1.29, 1.82) is 5.26 Å². The summed E-state index contributed by atoms with van der Waals surface area (Å²) in [5, 5.41) is 24.1. The minimum atomic E-state index is -0.538. The summed E-state index contributed by atoms with van der Waals surface area (Å²) in [5.41, 5.74) is 1.39. The van der Waals surface area contributed by atoms with Crippen LogP contribution in [0.5, 0.6) is 0 Å². The number of benzene rings is 2. The smallest absolute Gasteiger partial charge is 0.270 e. The van der Waals surface area contributed by atoms with Crippen LogP contribution in [0.2, 0.25) is 10.0 Å².